The molecule has 180 valence electrons. The predicted octanol–water partition coefficient (Wildman–Crippen LogP) is 4.85. The van der Waals surface area contributed by atoms with Gasteiger partial charge in [-0.2, -0.15) is 0 Å². The van der Waals surface area contributed by atoms with Gasteiger partial charge in [0.2, 0.25) is 5.91 Å². The summed E-state index contributed by atoms with van der Waals surface area (Å²) >= 11 is 0. The van der Waals surface area contributed by atoms with Gasteiger partial charge in [0.05, 0.1) is 23.3 Å². The lowest BCUT2D eigenvalue weighted by Gasteiger charge is -2.24. The quantitative estimate of drug-likeness (QED) is 0.443. The smallest absolute Gasteiger partial charge is 0.264 e. The van der Waals surface area contributed by atoms with Crippen LogP contribution in [0.5, 0.6) is 11.5 Å². The van der Waals surface area contributed by atoms with Gasteiger partial charge in [0.25, 0.3) is 10.0 Å². The van der Waals surface area contributed by atoms with E-state index in [0.717, 1.165) is 28.6 Å². The largest absolute Gasteiger partial charge is 0.494 e. The second-order valence-corrected chi connectivity index (χ2v) is 9.50. The molecule has 3 aromatic carbocycles. The Balaban J connectivity index is 1.89. The van der Waals surface area contributed by atoms with Crippen molar-refractivity contribution in [1.82, 2.24) is 0 Å². The van der Waals surface area contributed by atoms with Crippen LogP contribution >= 0.6 is 0 Å². The number of sulfonamides is 1. The molecule has 0 atom stereocenters. The lowest BCUT2D eigenvalue weighted by atomic mass is 10.3. The van der Waals surface area contributed by atoms with Gasteiger partial charge < -0.3 is 14.8 Å². The SMILES string of the molecule is CCOc1ccc(N(CC(=O)Nc2cccc(OC(C)C)c2)S(=O)(=O)c2ccc(F)cc2)cc1. The first-order valence-corrected chi connectivity index (χ1v) is 12.2. The number of nitrogens with one attached hydrogen (secondary N) is 1. The van der Waals surface area contributed by atoms with E-state index in [2.05, 4.69) is 5.32 Å². The Labute approximate surface area is 199 Å². The number of ether oxygens (including phenoxy) is 2. The molecule has 3 aromatic rings. The monoisotopic (exact) mass is 486 g/mol. The number of nitrogens with zero attached hydrogens (tertiary/aromatic N) is 1. The Kier molecular flexibility index (Phi) is 8.12. The molecule has 0 saturated carbocycles. The fraction of sp³-hybridized carbons (Fsp3) is 0.240. The van der Waals surface area contributed by atoms with Crippen LogP contribution in [0.15, 0.2) is 77.7 Å². The average molecular weight is 487 g/mol. The molecule has 0 aliphatic carbocycles. The average Bonchev–Trinajstić information content (AvgIpc) is 2.78. The zero-order valence-electron chi connectivity index (χ0n) is 19.2. The number of anilines is 2. The van der Waals surface area contributed by atoms with Crippen LogP contribution in [-0.2, 0) is 14.8 Å². The molecule has 7 nitrogen and oxygen atoms in total. The Morgan fingerprint density at radius 3 is 2.29 bits per heavy atom. The molecule has 3 rings (SSSR count). The van der Waals surface area contributed by atoms with E-state index >= 15 is 0 Å². The molecule has 0 unspecified atom stereocenters. The highest BCUT2D eigenvalue weighted by atomic mass is 32.2. The summed E-state index contributed by atoms with van der Waals surface area (Å²) in [5.41, 5.74) is 0.730. The van der Waals surface area contributed by atoms with E-state index in [0.29, 0.717) is 23.8 Å². The molecule has 0 aliphatic rings. The van der Waals surface area contributed by atoms with Crippen LogP contribution in [0.3, 0.4) is 0 Å². The maximum absolute atomic E-state index is 13.4. The summed E-state index contributed by atoms with van der Waals surface area (Å²) in [4.78, 5) is 12.8. The highest BCUT2D eigenvalue weighted by Crippen LogP contribution is 2.26. The van der Waals surface area contributed by atoms with Gasteiger partial charge in [-0.15, -0.1) is 0 Å². The first-order valence-electron chi connectivity index (χ1n) is 10.8. The highest BCUT2D eigenvalue weighted by molar-refractivity contribution is 7.92. The topological polar surface area (TPSA) is 84.9 Å². The van der Waals surface area contributed by atoms with Crippen LogP contribution < -0.4 is 19.1 Å². The van der Waals surface area contributed by atoms with Gasteiger partial charge in [0.1, 0.15) is 23.9 Å². The van der Waals surface area contributed by atoms with Crippen LogP contribution in [0.4, 0.5) is 15.8 Å². The van der Waals surface area contributed by atoms with Crippen molar-refractivity contribution in [2.45, 2.75) is 31.8 Å². The summed E-state index contributed by atoms with van der Waals surface area (Å²) in [6, 6.07) is 17.6. The predicted molar refractivity (Wildman–Crippen MR) is 129 cm³/mol. The van der Waals surface area contributed by atoms with Gasteiger partial charge in [0.15, 0.2) is 0 Å². The summed E-state index contributed by atoms with van der Waals surface area (Å²) in [6.07, 6.45) is -0.0399. The second-order valence-electron chi connectivity index (χ2n) is 7.64. The summed E-state index contributed by atoms with van der Waals surface area (Å²) in [7, 11) is -4.17. The van der Waals surface area contributed by atoms with Crippen molar-refractivity contribution in [3.05, 3.63) is 78.6 Å². The van der Waals surface area contributed by atoms with Crippen LogP contribution in [0.25, 0.3) is 0 Å². The summed E-state index contributed by atoms with van der Waals surface area (Å²) in [5, 5.41) is 2.71. The van der Waals surface area contributed by atoms with Gasteiger partial charge in [-0.3, -0.25) is 9.10 Å². The van der Waals surface area contributed by atoms with Gasteiger partial charge in [-0.05, 0) is 81.4 Å². The number of hydrogen-bond donors (Lipinski definition) is 1. The summed E-state index contributed by atoms with van der Waals surface area (Å²) in [6.45, 7) is 5.58. The fourth-order valence-corrected chi connectivity index (χ4v) is 4.60. The number of benzene rings is 3. The minimum atomic E-state index is -4.17. The van der Waals surface area contributed by atoms with Gasteiger partial charge in [0, 0.05) is 11.8 Å². The Bertz CT molecular complexity index is 1210. The number of carbonyl (C=O) groups excluding carboxylic acids is 1. The van der Waals surface area contributed by atoms with Gasteiger partial charge in [-0.25, -0.2) is 12.8 Å². The van der Waals surface area contributed by atoms with Gasteiger partial charge >= 0.3 is 0 Å². The van der Waals surface area contributed by atoms with Crippen molar-refractivity contribution in [2.24, 2.45) is 0 Å². The van der Waals surface area contributed by atoms with E-state index in [4.69, 9.17) is 9.47 Å². The standard InChI is InChI=1S/C25H27FN2O5S/c1-4-32-22-12-10-21(11-13-22)28(34(30,31)24-14-8-19(26)9-15-24)17-25(29)27-20-6-5-7-23(16-20)33-18(2)3/h5-16,18H,4,17H2,1-3H3,(H,27,29). The molecule has 1 amide bonds. The van der Waals surface area contributed by atoms with E-state index < -0.39 is 28.3 Å². The lowest BCUT2D eigenvalue weighted by molar-refractivity contribution is -0.114. The minimum Gasteiger partial charge on any atom is -0.494 e. The van der Waals surface area contributed by atoms with E-state index in [1.807, 2.05) is 20.8 Å². The van der Waals surface area contributed by atoms with Crippen molar-refractivity contribution in [3.63, 3.8) is 0 Å². The second kappa shape index (κ2) is 11.0. The first kappa shape index (κ1) is 25.0. The third kappa shape index (κ3) is 6.48. The van der Waals surface area contributed by atoms with E-state index in [9.17, 15) is 17.6 Å². The molecule has 9 heteroatoms. The first-order chi connectivity index (χ1) is 16.2. The zero-order chi connectivity index (χ0) is 24.7. The molecule has 0 bridgehead atoms. The van der Waals surface area contributed by atoms with E-state index in [1.165, 1.54) is 0 Å². The minimum absolute atomic E-state index is 0.0399. The molecular formula is C25H27FN2O5S. The van der Waals surface area contributed by atoms with Crippen LogP contribution in [-0.4, -0.2) is 33.6 Å². The van der Waals surface area contributed by atoms with E-state index in [1.54, 1.807) is 48.5 Å². The van der Waals surface area contributed by atoms with Crippen LogP contribution in [0.2, 0.25) is 0 Å². The van der Waals surface area contributed by atoms with Crippen LogP contribution in [0.1, 0.15) is 20.8 Å². The molecule has 34 heavy (non-hydrogen) atoms. The maximum Gasteiger partial charge on any atom is 0.264 e. The molecule has 0 saturated heterocycles. The Morgan fingerprint density at radius 2 is 1.68 bits per heavy atom. The number of carbonyl (C=O) groups is 1. The molecular weight excluding hydrogens is 459 g/mol. The molecule has 0 aliphatic heterocycles. The van der Waals surface area contributed by atoms with Crippen molar-refractivity contribution in [2.75, 3.05) is 22.8 Å². The highest BCUT2D eigenvalue weighted by Gasteiger charge is 2.27. The summed E-state index contributed by atoms with van der Waals surface area (Å²) < 4.78 is 52.2. The zero-order valence-corrected chi connectivity index (χ0v) is 20.0. The number of hydrogen-bond acceptors (Lipinski definition) is 5. The number of amides is 1. The van der Waals surface area contributed by atoms with Crippen LogP contribution in [0, 0.1) is 5.82 Å². The third-order valence-corrected chi connectivity index (χ3v) is 6.40. The number of rotatable bonds is 10. The maximum atomic E-state index is 13.4. The molecule has 0 spiro atoms. The third-order valence-electron chi connectivity index (χ3n) is 4.61. The van der Waals surface area contributed by atoms with E-state index in [-0.39, 0.29) is 16.7 Å². The fourth-order valence-electron chi connectivity index (χ4n) is 3.17. The Morgan fingerprint density at radius 1 is 1.00 bits per heavy atom. The molecule has 0 aromatic heterocycles. The molecule has 1 N–H and O–H groups in total. The van der Waals surface area contributed by atoms with Gasteiger partial charge in [-0.1, -0.05) is 6.07 Å². The molecule has 0 radical (unpaired) electrons. The van der Waals surface area contributed by atoms with Crippen molar-refractivity contribution < 1.29 is 27.1 Å². The van der Waals surface area contributed by atoms with Crippen molar-refractivity contribution in [3.8, 4) is 11.5 Å². The Hall–Kier alpha value is -3.59. The van der Waals surface area contributed by atoms with Crippen molar-refractivity contribution in [1.29, 1.82) is 0 Å². The van der Waals surface area contributed by atoms with Crippen molar-refractivity contribution >= 4 is 27.3 Å². The molecule has 0 fully saturated rings. The number of halogens is 1. The molecule has 0 heterocycles. The normalized spacial score (nSPS) is 11.2. The lowest BCUT2D eigenvalue weighted by Crippen LogP contribution is -2.38. The summed E-state index contributed by atoms with van der Waals surface area (Å²) in [5.74, 6) is 0.0287.